The van der Waals surface area contributed by atoms with Crippen LogP contribution in [0.4, 0.5) is 0 Å². The summed E-state index contributed by atoms with van der Waals surface area (Å²) in [4.78, 5) is 0. The molecule has 0 unspecified atom stereocenters. The van der Waals surface area contributed by atoms with Crippen LogP contribution < -0.4 is 14.2 Å². The first-order chi connectivity index (χ1) is 13.6. The third kappa shape index (κ3) is 3.20. The number of methoxy groups -OCH3 is 3. The zero-order valence-corrected chi connectivity index (χ0v) is 16.9. The maximum absolute atomic E-state index is 5.53. The maximum atomic E-state index is 5.53. The minimum Gasteiger partial charge on any atom is -0.497 e. The monoisotopic (exact) mass is 396 g/mol. The van der Waals surface area contributed by atoms with E-state index in [0.717, 1.165) is 27.7 Å². The smallest absolute Gasteiger partial charge is 0.213 e. The summed E-state index contributed by atoms with van der Waals surface area (Å²) in [6.07, 6.45) is 0. The van der Waals surface area contributed by atoms with Gasteiger partial charge >= 0.3 is 0 Å². The highest BCUT2D eigenvalue weighted by molar-refractivity contribution is 8.00. The molecule has 0 aliphatic carbocycles. The standard InChI is InChI=1S/C20H20N4O3S/c1-12-18(13-5-7-14(25-2)8-6-13)23-24-19(21-22-20(24)28-12)16-10-9-15(26-3)11-17(16)27-4/h5-12H,1-4H3/t12-/m1/s1. The molecule has 0 spiro atoms. The van der Waals surface area contributed by atoms with Gasteiger partial charge in [0.1, 0.15) is 17.2 Å². The number of ether oxygens (including phenoxy) is 3. The van der Waals surface area contributed by atoms with Gasteiger partial charge in [-0.2, -0.15) is 9.78 Å². The van der Waals surface area contributed by atoms with Crippen molar-refractivity contribution in [3.8, 4) is 28.6 Å². The topological polar surface area (TPSA) is 70.8 Å². The molecule has 1 aliphatic rings. The molecule has 1 aromatic heterocycles. The van der Waals surface area contributed by atoms with Crippen LogP contribution in [0.1, 0.15) is 12.5 Å². The van der Waals surface area contributed by atoms with Crippen molar-refractivity contribution >= 4 is 17.5 Å². The number of nitrogens with zero attached hydrogens (tertiary/aromatic N) is 4. The van der Waals surface area contributed by atoms with E-state index >= 15 is 0 Å². The maximum Gasteiger partial charge on any atom is 0.213 e. The molecular weight excluding hydrogens is 376 g/mol. The van der Waals surface area contributed by atoms with E-state index in [1.165, 1.54) is 0 Å². The number of rotatable bonds is 5. The van der Waals surface area contributed by atoms with Crippen LogP contribution in [0.2, 0.25) is 0 Å². The number of aromatic nitrogens is 3. The number of benzene rings is 2. The molecule has 0 bridgehead atoms. The van der Waals surface area contributed by atoms with Crippen molar-refractivity contribution in [2.75, 3.05) is 21.3 Å². The molecule has 3 aromatic rings. The quantitative estimate of drug-likeness (QED) is 0.655. The molecule has 7 nitrogen and oxygen atoms in total. The Morgan fingerprint density at radius 3 is 2.29 bits per heavy atom. The van der Waals surface area contributed by atoms with Crippen molar-refractivity contribution in [3.05, 3.63) is 48.0 Å². The summed E-state index contributed by atoms with van der Waals surface area (Å²) in [5, 5.41) is 14.4. The van der Waals surface area contributed by atoms with E-state index in [9.17, 15) is 0 Å². The summed E-state index contributed by atoms with van der Waals surface area (Å²) < 4.78 is 17.8. The fraction of sp³-hybridized carbons (Fsp3) is 0.250. The second-order valence-electron chi connectivity index (χ2n) is 6.16. The zero-order valence-electron chi connectivity index (χ0n) is 16.0. The normalized spacial score (nSPS) is 15.6. The Kier molecular flexibility index (Phi) is 4.95. The largest absolute Gasteiger partial charge is 0.497 e. The number of thioether (sulfide) groups is 1. The molecule has 0 amide bonds. The van der Waals surface area contributed by atoms with Crippen LogP contribution in [-0.2, 0) is 0 Å². The molecule has 8 heteroatoms. The van der Waals surface area contributed by atoms with E-state index in [2.05, 4.69) is 17.1 Å². The fourth-order valence-corrected chi connectivity index (χ4v) is 3.96. The zero-order chi connectivity index (χ0) is 19.7. The van der Waals surface area contributed by atoms with Crippen molar-refractivity contribution in [3.63, 3.8) is 0 Å². The molecule has 0 radical (unpaired) electrons. The van der Waals surface area contributed by atoms with Crippen LogP contribution in [0.3, 0.4) is 0 Å². The van der Waals surface area contributed by atoms with E-state index in [4.69, 9.17) is 19.3 Å². The van der Waals surface area contributed by atoms with Gasteiger partial charge in [0.05, 0.1) is 37.9 Å². The highest BCUT2D eigenvalue weighted by atomic mass is 32.2. The van der Waals surface area contributed by atoms with E-state index in [-0.39, 0.29) is 5.25 Å². The molecule has 2 heterocycles. The van der Waals surface area contributed by atoms with Crippen molar-refractivity contribution in [2.24, 2.45) is 5.10 Å². The van der Waals surface area contributed by atoms with Gasteiger partial charge in [0.15, 0.2) is 5.82 Å². The average molecular weight is 396 g/mol. The van der Waals surface area contributed by atoms with Gasteiger partial charge in [-0.05, 0) is 48.9 Å². The Balaban J connectivity index is 1.80. The Morgan fingerprint density at radius 2 is 1.61 bits per heavy atom. The first-order valence-corrected chi connectivity index (χ1v) is 9.60. The van der Waals surface area contributed by atoms with E-state index in [1.807, 2.05) is 42.5 Å². The van der Waals surface area contributed by atoms with Gasteiger partial charge in [0, 0.05) is 6.07 Å². The highest BCUT2D eigenvalue weighted by Crippen LogP contribution is 2.37. The first-order valence-electron chi connectivity index (χ1n) is 8.72. The number of hydrogen-bond donors (Lipinski definition) is 0. The molecular formula is C20H20N4O3S. The third-order valence-corrected chi connectivity index (χ3v) is 5.56. The first kappa shape index (κ1) is 18.4. The minimum absolute atomic E-state index is 0.149. The minimum atomic E-state index is 0.149. The van der Waals surface area contributed by atoms with Gasteiger partial charge in [-0.25, -0.2) is 0 Å². The number of hydrogen-bond acceptors (Lipinski definition) is 7. The molecule has 0 fully saturated rings. The van der Waals surface area contributed by atoms with Gasteiger partial charge in [0.2, 0.25) is 5.16 Å². The predicted molar refractivity (Wildman–Crippen MR) is 109 cm³/mol. The Morgan fingerprint density at radius 1 is 0.893 bits per heavy atom. The van der Waals surface area contributed by atoms with Crippen molar-refractivity contribution < 1.29 is 14.2 Å². The predicted octanol–water partition coefficient (Wildman–Crippen LogP) is 3.72. The lowest BCUT2D eigenvalue weighted by molar-refractivity contribution is 0.395. The fourth-order valence-electron chi connectivity index (χ4n) is 3.04. The summed E-state index contributed by atoms with van der Waals surface area (Å²) in [7, 11) is 4.90. The Hall–Kier alpha value is -3.00. The Labute approximate surface area is 167 Å². The SMILES string of the molecule is COc1ccc(C2=Nn3c(nnc3-c3ccc(OC)cc3OC)S[C@@H]2C)cc1. The molecule has 0 N–H and O–H groups in total. The van der Waals surface area contributed by atoms with Crippen molar-refractivity contribution in [2.45, 2.75) is 17.3 Å². The summed E-state index contributed by atoms with van der Waals surface area (Å²) in [6.45, 7) is 2.11. The van der Waals surface area contributed by atoms with E-state index in [0.29, 0.717) is 17.3 Å². The molecule has 2 aromatic carbocycles. The lowest BCUT2D eigenvalue weighted by Gasteiger charge is -2.20. The van der Waals surface area contributed by atoms with Gasteiger partial charge < -0.3 is 14.2 Å². The van der Waals surface area contributed by atoms with Crippen molar-refractivity contribution in [1.29, 1.82) is 0 Å². The van der Waals surface area contributed by atoms with Crippen LogP contribution >= 0.6 is 11.8 Å². The Bertz CT molecular complexity index is 1030. The lowest BCUT2D eigenvalue weighted by Crippen LogP contribution is -2.21. The van der Waals surface area contributed by atoms with Gasteiger partial charge in [-0.1, -0.05) is 11.8 Å². The summed E-state index contributed by atoms with van der Waals surface area (Å²) in [5.41, 5.74) is 2.79. The summed E-state index contributed by atoms with van der Waals surface area (Å²) in [6, 6.07) is 13.5. The van der Waals surface area contributed by atoms with E-state index < -0.39 is 0 Å². The van der Waals surface area contributed by atoms with Gasteiger partial charge in [-0.15, -0.1) is 10.2 Å². The number of fused-ring (bicyclic) bond motifs is 1. The molecule has 4 rings (SSSR count). The summed E-state index contributed by atoms with van der Waals surface area (Å²) >= 11 is 1.62. The van der Waals surface area contributed by atoms with E-state index in [1.54, 1.807) is 37.8 Å². The van der Waals surface area contributed by atoms with Gasteiger partial charge in [0.25, 0.3) is 0 Å². The third-order valence-electron chi connectivity index (χ3n) is 4.52. The molecule has 1 atom stereocenters. The van der Waals surface area contributed by atoms with Crippen LogP contribution in [0.15, 0.2) is 52.7 Å². The summed E-state index contributed by atoms with van der Waals surface area (Å²) in [5.74, 6) is 2.80. The van der Waals surface area contributed by atoms with Crippen LogP contribution in [0, 0.1) is 0 Å². The lowest BCUT2D eigenvalue weighted by atomic mass is 10.1. The van der Waals surface area contributed by atoms with Crippen LogP contribution in [0.25, 0.3) is 11.4 Å². The molecule has 0 saturated heterocycles. The molecule has 0 saturated carbocycles. The second-order valence-corrected chi connectivity index (χ2v) is 7.47. The van der Waals surface area contributed by atoms with Crippen LogP contribution in [0.5, 0.6) is 17.2 Å². The van der Waals surface area contributed by atoms with Crippen LogP contribution in [-0.4, -0.2) is 47.2 Å². The molecule has 1 aliphatic heterocycles. The average Bonchev–Trinajstić information content (AvgIpc) is 3.15. The second kappa shape index (κ2) is 7.55. The van der Waals surface area contributed by atoms with Gasteiger partial charge in [-0.3, -0.25) is 0 Å². The molecule has 28 heavy (non-hydrogen) atoms. The molecule has 144 valence electrons. The highest BCUT2D eigenvalue weighted by Gasteiger charge is 2.27. The van der Waals surface area contributed by atoms with Crippen molar-refractivity contribution in [1.82, 2.24) is 14.9 Å².